The van der Waals surface area contributed by atoms with Gasteiger partial charge in [-0.1, -0.05) is 0 Å². The fourth-order valence-electron chi connectivity index (χ4n) is 3.57. The molecule has 3 N–H and O–H groups in total. The van der Waals surface area contributed by atoms with Crippen LogP contribution < -0.4 is 10.5 Å². The first-order valence-electron chi connectivity index (χ1n) is 8.98. The van der Waals surface area contributed by atoms with E-state index in [0.29, 0.717) is 17.6 Å². The normalized spacial score (nSPS) is 18.8. The van der Waals surface area contributed by atoms with Crippen LogP contribution in [0.5, 0.6) is 0 Å². The van der Waals surface area contributed by atoms with Gasteiger partial charge >= 0.3 is 0 Å². The van der Waals surface area contributed by atoms with E-state index in [1.165, 1.54) is 25.3 Å². The molecule has 1 aliphatic rings. The van der Waals surface area contributed by atoms with Gasteiger partial charge in [-0.05, 0) is 43.3 Å². The van der Waals surface area contributed by atoms with Crippen molar-refractivity contribution in [2.24, 2.45) is 11.1 Å². The van der Waals surface area contributed by atoms with Gasteiger partial charge in [-0.2, -0.15) is 13.9 Å². The highest BCUT2D eigenvalue weighted by Crippen LogP contribution is 2.40. The molecule has 0 aliphatic heterocycles. The van der Waals surface area contributed by atoms with Crippen molar-refractivity contribution in [3.8, 4) is 0 Å². The van der Waals surface area contributed by atoms with Gasteiger partial charge in [0.1, 0.15) is 16.4 Å². The molecule has 2 aromatic rings. The second kappa shape index (κ2) is 7.94. The Kier molecular flexibility index (Phi) is 5.91. The van der Waals surface area contributed by atoms with E-state index in [9.17, 15) is 22.4 Å². The molecular formula is C18H21F4N5OS. The predicted octanol–water partition coefficient (Wildman–Crippen LogP) is 4.35. The molecule has 1 amide bonds. The number of nitrogens with two attached hydrogens (primary N) is 1. The number of carbonyl (C=O) groups excluding carboxylic acids is 1. The average molecular weight is 431 g/mol. The fraction of sp³-hybridized carbons (Fsp3) is 0.500. The molecule has 0 radical (unpaired) electrons. The monoisotopic (exact) mass is 431 g/mol. The number of aromatic nitrogens is 3. The second-order valence-electron chi connectivity index (χ2n) is 7.31. The van der Waals surface area contributed by atoms with Crippen LogP contribution in [0.4, 0.5) is 23.2 Å². The van der Waals surface area contributed by atoms with Crippen molar-refractivity contribution in [2.75, 3.05) is 5.32 Å². The molecule has 0 bridgehead atoms. The van der Waals surface area contributed by atoms with Gasteiger partial charge in [-0.3, -0.25) is 14.6 Å². The number of amides is 1. The Labute approximate surface area is 169 Å². The maximum Gasteiger partial charge on any atom is 0.289 e. The number of halogens is 4. The second-order valence-corrected chi connectivity index (χ2v) is 7.97. The Balaban J connectivity index is 1.92. The Morgan fingerprint density at radius 1 is 1.48 bits per heavy atom. The van der Waals surface area contributed by atoms with Crippen LogP contribution in [0.1, 0.15) is 47.9 Å². The maximum absolute atomic E-state index is 14.0. The average Bonchev–Trinajstić information content (AvgIpc) is 3.13. The largest absolute Gasteiger partial charge is 0.321 e. The molecule has 3 rings (SSSR count). The van der Waals surface area contributed by atoms with Crippen molar-refractivity contribution in [3.63, 3.8) is 0 Å². The van der Waals surface area contributed by atoms with E-state index in [1.54, 1.807) is 0 Å². The summed E-state index contributed by atoms with van der Waals surface area (Å²) >= 11 is 0.891. The lowest BCUT2D eigenvalue weighted by Gasteiger charge is -2.14. The lowest BCUT2D eigenvalue weighted by atomic mass is 10.1. The Bertz CT molecular complexity index is 912. The zero-order valence-corrected chi connectivity index (χ0v) is 16.7. The van der Waals surface area contributed by atoms with E-state index in [0.717, 1.165) is 16.6 Å². The lowest BCUT2D eigenvalue weighted by Crippen LogP contribution is -2.22. The number of pyridine rings is 1. The summed E-state index contributed by atoms with van der Waals surface area (Å²) in [5, 5.41) is 12.4. The summed E-state index contributed by atoms with van der Waals surface area (Å²) in [7, 11) is 0. The number of anilines is 1. The van der Waals surface area contributed by atoms with Gasteiger partial charge in [0, 0.05) is 43.8 Å². The van der Waals surface area contributed by atoms with Crippen LogP contribution in [0.3, 0.4) is 0 Å². The third-order valence-corrected chi connectivity index (χ3v) is 5.34. The van der Waals surface area contributed by atoms with Crippen molar-refractivity contribution in [1.82, 2.24) is 14.8 Å². The Morgan fingerprint density at radius 2 is 2.21 bits per heavy atom. The van der Waals surface area contributed by atoms with E-state index in [1.807, 2.05) is 0 Å². The van der Waals surface area contributed by atoms with Crippen molar-refractivity contribution < 1.29 is 22.4 Å². The molecule has 1 atom stereocenters. The molecule has 1 aliphatic carbocycles. The highest BCUT2D eigenvalue weighted by atomic mass is 32.2. The molecular weight excluding hydrogens is 410 g/mol. The van der Waals surface area contributed by atoms with E-state index >= 15 is 0 Å². The topological polar surface area (TPSA) is 85.8 Å². The summed E-state index contributed by atoms with van der Waals surface area (Å²) in [6.45, 7) is 2.03. The molecule has 11 heteroatoms. The van der Waals surface area contributed by atoms with Gasteiger partial charge in [0.25, 0.3) is 11.8 Å². The number of nitrogens with zero attached hydrogens (tertiary/aromatic N) is 3. The van der Waals surface area contributed by atoms with Crippen molar-refractivity contribution in [1.29, 1.82) is 0 Å². The fourth-order valence-corrected chi connectivity index (χ4v) is 3.89. The van der Waals surface area contributed by atoms with E-state index in [4.69, 9.17) is 5.14 Å². The predicted molar refractivity (Wildman–Crippen MR) is 101 cm³/mol. The molecule has 1 saturated carbocycles. The molecule has 1 unspecified atom stereocenters. The maximum atomic E-state index is 14.0. The first kappa shape index (κ1) is 21.6. The van der Waals surface area contributed by atoms with Crippen molar-refractivity contribution >= 4 is 23.5 Å². The minimum Gasteiger partial charge on any atom is -0.321 e. The molecule has 2 aromatic heterocycles. The summed E-state index contributed by atoms with van der Waals surface area (Å²) in [5.41, 5.74) is -0.222. The van der Waals surface area contributed by atoms with Crippen LogP contribution in [0.15, 0.2) is 23.4 Å². The quantitative estimate of drug-likeness (QED) is 0.525. The minimum atomic E-state index is -3.27. The SMILES string of the molecule is Cc1c(C(C)(F)F)nn(CC2CCC(F)(F)C2)c1C(=O)Nc1ccnc(SN)c1. The third-order valence-electron chi connectivity index (χ3n) is 4.87. The minimum absolute atomic E-state index is 0.0160. The molecule has 1 fully saturated rings. The molecule has 29 heavy (non-hydrogen) atoms. The van der Waals surface area contributed by atoms with Gasteiger partial charge in [-0.15, -0.1) is 0 Å². The number of hydrogen-bond acceptors (Lipinski definition) is 5. The molecule has 0 spiro atoms. The summed E-state index contributed by atoms with van der Waals surface area (Å²) in [6.07, 6.45) is 1.08. The van der Waals surface area contributed by atoms with Crippen LogP contribution in [0.25, 0.3) is 0 Å². The van der Waals surface area contributed by atoms with E-state index in [2.05, 4.69) is 15.4 Å². The number of carbonyl (C=O) groups is 1. The zero-order chi connectivity index (χ0) is 21.4. The lowest BCUT2D eigenvalue weighted by molar-refractivity contribution is 0.00345. The zero-order valence-electron chi connectivity index (χ0n) is 15.9. The van der Waals surface area contributed by atoms with Gasteiger partial charge in [0.05, 0.1) is 0 Å². The summed E-state index contributed by atoms with van der Waals surface area (Å²) < 4.78 is 56.2. The Morgan fingerprint density at radius 3 is 2.79 bits per heavy atom. The van der Waals surface area contributed by atoms with Crippen molar-refractivity contribution in [3.05, 3.63) is 35.3 Å². The van der Waals surface area contributed by atoms with Crippen LogP contribution in [-0.4, -0.2) is 26.6 Å². The van der Waals surface area contributed by atoms with Gasteiger partial charge in [0.2, 0.25) is 5.92 Å². The first-order valence-corrected chi connectivity index (χ1v) is 9.86. The van der Waals surface area contributed by atoms with Gasteiger partial charge in [-0.25, -0.2) is 13.8 Å². The number of nitrogens with one attached hydrogen (secondary N) is 1. The molecule has 6 nitrogen and oxygen atoms in total. The molecule has 0 aromatic carbocycles. The molecule has 2 heterocycles. The number of alkyl halides is 4. The highest BCUT2D eigenvalue weighted by Gasteiger charge is 2.41. The smallest absolute Gasteiger partial charge is 0.289 e. The van der Waals surface area contributed by atoms with Crippen LogP contribution >= 0.6 is 11.9 Å². The van der Waals surface area contributed by atoms with Crippen LogP contribution in [-0.2, 0) is 12.5 Å². The standard InChI is InChI=1S/C18H21F4N5OS/c1-10-14(16(28)25-12-4-6-24-13(7-12)29-23)27(26-15(10)17(2,19)20)9-11-3-5-18(21,22)8-11/h4,6-7,11H,3,5,8-9,23H2,1-2H3,(H,24,25,28). The van der Waals surface area contributed by atoms with Gasteiger partial charge in [0.15, 0.2) is 0 Å². The first-order chi connectivity index (χ1) is 13.5. The third kappa shape index (κ3) is 4.89. The van der Waals surface area contributed by atoms with Gasteiger partial charge < -0.3 is 5.32 Å². The Hall–Kier alpha value is -2.14. The van der Waals surface area contributed by atoms with E-state index in [-0.39, 0.29) is 37.1 Å². The highest BCUT2D eigenvalue weighted by molar-refractivity contribution is 7.97. The van der Waals surface area contributed by atoms with Crippen LogP contribution in [0, 0.1) is 12.8 Å². The molecule has 0 saturated heterocycles. The van der Waals surface area contributed by atoms with Crippen molar-refractivity contribution in [2.45, 2.75) is 56.5 Å². The van der Waals surface area contributed by atoms with Crippen LogP contribution in [0.2, 0.25) is 0 Å². The summed E-state index contributed by atoms with van der Waals surface area (Å²) in [4.78, 5) is 16.9. The summed E-state index contributed by atoms with van der Waals surface area (Å²) in [6, 6.07) is 3.06. The van der Waals surface area contributed by atoms with E-state index < -0.39 is 29.4 Å². The molecule has 158 valence electrons. The summed E-state index contributed by atoms with van der Waals surface area (Å²) in [5.74, 6) is -7.16. The number of rotatable bonds is 6. The number of hydrogen-bond donors (Lipinski definition) is 2.